The highest BCUT2D eigenvalue weighted by Gasteiger charge is 2.25. The van der Waals surface area contributed by atoms with Gasteiger partial charge in [0.2, 0.25) is 0 Å². The Balaban J connectivity index is 1.31. The second-order valence-corrected chi connectivity index (χ2v) is 11.0. The van der Waals surface area contributed by atoms with Crippen LogP contribution in [0, 0.1) is 0 Å². The van der Waals surface area contributed by atoms with Crippen molar-refractivity contribution in [1.29, 1.82) is 0 Å². The summed E-state index contributed by atoms with van der Waals surface area (Å²) >= 11 is 0. The molecule has 3 aromatic carbocycles. The van der Waals surface area contributed by atoms with Crippen LogP contribution >= 0.6 is 0 Å². The first-order valence-corrected chi connectivity index (χ1v) is 15.4. The van der Waals surface area contributed by atoms with Crippen LogP contribution < -0.4 is 4.74 Å². The van der Waals surface area contributed by atoms with Crippen LogP contribution in [0.5, 0.6) is 5.75 Å². The van der Waals surface area contributed by atoms with E-state index < -0.39 is 5.97 Å². The molecule has 5 aromatic rings. The topological polar surface area (TPSA) is 108 Å². The number of hydrogen-bond acceptors (Lipinski definition) is 7. The number of H-pyrrole nitrogens is 1. The third kappa shape index (κ3) is 6.08. The Morgan fingerprint density at radius 2 is 1.91 bits per heavy atom. The van der Waals surface area contributed by atoms with Gasteiger partial charge in [-0.15, -0.1) is 0 Å². The zero-order chi connectivity index (χ0) is 30.5. The highest BCUT2D eigenvalue weighted by molar-refractivity contribution is 6.04. The third-order valence-corrected chi connectivity index (χ3v) is 8.20. The molecule has 2 N–H and O–H groups in total. The average molecular weight is 598 g/mol. The summed E-state index contributed by atoms with van der Waals surface area (Å²) in [5.41, 5.74) is 5.10. The number of aliphatic hydroxyl groups is 1. The Hall–Kier alpha value is -4.18. The molecule has 9 nitrogen and oxygen atoms in total. The lowest BCUT2D eigenvalue weighted by molar-refractivity contribution is -0.169. The molecule has 1 atom stereocenters. The number of carbonyl (C=O) groups is 1. The maximum absolute atomic E-state index is 13.2. The lowest BCUT2D eigenvalue weighted by atomic mass is 9.98. The van der Waals surface area contributed by atoms with Gasteiger partial charge in [-0.05, 0) is 56.0 Å². The van der Waals surface area contributed by atoms with Gasteiger partial charge in [-0.3, -0.25) is 4.68 Å². The quantitative estimate of drug-likeness (QED) is 0.126. The summed E-state index contributed by atoms with van der Waals surface area (Å²) in [7, 11) is 1.82. The van der Waals surface area contributed by atoms with Gasteiger partial charge in [-0.25, -0.2) is 4.79 Å². The standard InChI is InChI=1S/C35H39N3O6/c1-3-41-35(40)34-26(16-10-20-42-30-17-8-12-23-11-4-5-13-24(23)30)25-14-9-15-27(33(25)36-34)32-28(37-38(2)29(32)21-39)22-44-31-18-6-7-19-43-31/h4-5,8-9,11-15,17,31,36,39H,3,6-7,10,16,18-22H2,1-2H3. The summed E-state index contributed by atoms with van der Waals surface area (Å²) in [5.74, 6) is 0.447. The van der Waals surface area contributed by atoms with Crippen LogP contribution in [0.3, 0.4) is 0 Å². The van der Waals surface area contributed by atoms with E-state index >= 15 is 0 Å². The van der Waals surface area contributed by atoms with Crippen molar-refractivity contribution >= 4 is 27.6 Å². The summed E-state index contributed by atoms with van der Waals surface area (Å²) < 4.78 is 25.2. The molecule has 1 aliphatic heterocycles. The third-order valence-electron chi connectivity index (χ3n) is 8.20. The lowest BCUT2D eigenvalue weighted by Crippen LogP contribution is -2.22. The zero-order valence-electron chi connectivity index (χ0n) is 25.3. The predicted octanol–water partition coefficient (Wildman–Crippen LogP) is 6.45. The lowest BCUT2D eigenvalue weighted by Gasteiger charge is -2.22. The van der Waals surface area contributed by atoms with Crippen LogP contribution in [0.2, 0.25) is 0 Å². The monoisotopic (exact) mass is 597 g/mol. The average Bonchev–Trinajstić information content (AvgIpc) is 3.59. The van der Waals surface area contributed by atoms with Crippen molar-refractivity contribution in [1.82, 2.24) is 14.8 Å². The molecule has 1 saturated heterocycles. The van der Waals surface area contributed by atoms with Gasteiger partial charge in [0, 0.05) is 35.6 Å². The number of carbonyl (C=O) groups excluding carboxylic acids is 1. The maximum Gasteiger partial charge on any atom is 0.355 e. The minimum atomic E-state index is -0.397. The summed E-state index contributed by atoms with van der Waals surface area (Å²) in [6, 6.07) is 20.2. The molecule has 0 aliphatic carbocycles. The summed E-state index contributed by atoms with van der Waals surface area (Å²) in [4.78, 5) is 16.6. The fraction of sp³-hybridized carbons (Fsp3) is 0.371. The van der Waals surface area contributed by atoms with Crippen molar-refractivity contribution in [2.45, 2.75) is 58.5 Å². The minimum Gasteiger partial charge on any atom is -0.493 e. The number of fused-ring (bicyclic) bond motifs is 2. The van der Waals surface area contributed by atoms with Crippen molar-refractivity contribution in [2.24, 2.45) is 7.05 Å². The van der Waals surface area contributed by atoms with Crippen LogP contribution in [0.25, 0.3) is 32.8 Å². The first kappa shape index (κ1) is 29.9. The van der Waals surface area contributed by atoms with E-state index in [9.17, 15) is 9.90 Å². The van der Waals surface area contributed by atoms with E-state index in [1.54, 1.807) is 11.6 Å². The number of rotatable bonds is 12. The van der Waals surface area contributed by atoms with Crippen LogP contribution in [0.15, 0.2) is 60.7 Å². The first-order valence-electron chi connectivity index (χ1n) is 15.4. The number of benzene rings is 3. The second-order valence-electron chi connectivity index (χ2n) is 11.0. The predicted molar refractivity (Wildman–Crippen MR) is 169 cm³/mol. The van der Waals surface area contributed by atoms with Crippen LogP contribution in [0.1, 0.15) is 60.0 Å². The molecule has 44 heavy (non-hydrogen) atoms. The van der Waals surface area contributed by atoms with E-state index in [-0.39, 0.29) is 26.1 Å². The van der Waals surface area contributed by atoms with Gasteiger partial charge in [-0.1, -0.05) is 54.6 Å². The number of ether oxygens (including phenoxy) is 4. The molecule has 3 heterocycles. The van der Waals surface area contributed by atoms with Gasteiger partial charge >= 0.3 is 5.97 Å². The maximum atomic E-state index is 13.2. The summed E-state index contributed by atoms with van der Waals surface area (Å²) in [6.45, 7) is 3.30. The number of aliphatic hydroxyl groups excluding tert-OH is 1. The molecule has 0 radical (unpaired) electrons. The molecule has 1 fully saturated rings. The number of esters is 1. The molecule has 0 spiro atoms. The number of aromatic nitrogens is 3. The van der Waals surface area contributed by atoms with E-state index in [1.807, 2.05) is 49.5 Å². The number of aryl methyl sites for hydroxylation is 2. The van der Waals surface area contributed by atoms with Gasteiger partial charge in [0.05, 0.1) is 43.3 Å². The van der Waals surface area contributed by atoms with Gasteiger partial charge in [-0.2, -0.15) is 5.10 Å². The van der Waals surface area contributed by atoms with Crippen LogP contribution in [-0.2, 0) is 40.9 Å². The van der Waals surface area contributed by atoms with Gasteiger partial charge in [0.1, 0.15) is 11.4 Å². The Kier molecular flexibility index (Phi) is 9.26. The minimum absolute atomic E-state index is 0.195. The second kappa shape index (κ2) is 13.6. The van der Waals surface area contributed by atoms with Crippen LogP contribution in [-0.4, -0.2) is 52.0 Å². The van der Waals surface area contributed by atoms with Gasteiger partial charge in [0.15, 0.2) is 6.29 Å². The van der Waals surface area contributed by atoms with E-state index in [1.165, 1.54) is 0 Å². The molecule has 6 rings (SSSR count). The molecule has 1 aliphatic rings. The smallest absolute Gasteiger partial charge is 0.355 e. The molecule has 9 heteroatoms. The summed E-state index contributed by atoms with van der Waals surface area (Å²) in [5, 5.41) is 18.2. The van der Waals surface area contributed by atoms with Crippen molar-refractivity contribution in [3.8, 4) is 16.9 Å². The van der Waals surface area contributed by atoms with E-state index in [4.69, 9.17) is 24.0 Å². The van der Waals surface area contributed by atoms with E-state index in [0.717, 1.165) is 63.4 Å². The van der Waals surface area contributed by atoms with Crippen molar-refractivity contribution in [3.63, 3.8) is 0 Å². The van der Waals surface area contributed by atoms with Gasteiger partial charge < -0.3 is 29.0 Å². The largest absolute Gasteiger partial charge is 0.493 e. The SMILES string of the molecule is CCOC(=O)c1[nH]c2c(-c3c(COC4CCCCO4)nn(C)c3CO)cccc2c1CCCOc1cccc2ccccc12. The molecular formula is C35H39N3O6. The molecular weight excluding hydrogens is 558 g/mol. The molecule has 230 valence electrons. The Labute approximate surface area is 256 Å². The van der Waals surface area contributed by atoms with Gasteiger partial charge in [0.25, 0.3) is 0 Å². The Bertz CT molecular complexity index is 1750. The Morgan fingerprint density at radius 1 is 1.09 bits per heavy atom. The number of hydrogen-bond donors (Lipinski definition) is 2. The van der Waals surface area contributed by atoms with E-state index in [0.29, 0.717) is 43.1 Å². The first-order chi connectivity index (χ1) is 21.6. The molecule has 2 aromatic heterocycles. The zero-order valence-corrected chi connectivity index (χ0v) is 25.3. The normalized spacial score (nSPS) is 15.2. The number of nitrogens with zero attached hydrogens (tertiary/aromatic N) is 2. The molecule has 0 bridgehead atoms. The van der Waals surface area contributed by atoms with Crippen LogP contribution in [0.4, 0.5) is 0 Å². The highest BCUT2D eigenvalue weighted by Crippen LogP contribution is 2.37. The number of para-hydroxylation sites is 1. The fourth-order valence-electron chi connectivity index (χ4n) is 6.10. The Morgan fingerprint density at radius 3 is 2.73 bits per heavy atom. The van der Waals surface area contributed by atoms with E-state index in [2.05, 4.69) is 23.2 Å². The molecule has 0 saturated carbocycles. The highest BCUT2D eigenvalue weighted by atomic mass is 16.7. The molecule has 0 amide bonds. The van der Waals surface area contributed by atoms with Crippen molar-refractivity contribution in [3.05, 3.63) is 83.3 Å². The van der Waals surface area contributed by atoms with Crippen molar-refractivity contribution in [2.75, 3.05) is 19.8 Å². The number of aromatic amines is 1. The molecule has 1 unspecified atom stereocenters. The fourth-order valence-corrected chi connectivity index (χ4v) is 6.10. The summed E-state index contributed by atoms with van der Waals surface area (Å²) in [6.07, 6.45) is 3.99. The number of nitrogens with one attached hydrogen (secondary N) is 1. The van der Waals surface area contributed by atoms with Crippen molar-refractivity contribution < 1.29 is 28.8 Å².